The average molecular weight is 204 g/mol. The lowest BCUT2D eigenvalue weighted by Gasteiger charge is -2.02. The molecule has 1 aromatic rings. The molecule has 0 aliphatic carbocycles. The van der Waals surface area contributed by atoms with Crippen LogP contribution in [0.25, 0.3) is 0 Å². The van der Waals surface area contributed by atoms with E-state index in [1.54, 1.807) is 18.9 Å². The standard InChI is InChI=1S/C8H10ClNOS/c1-11-8-4-6(5-12-2)3-7(9)10-8/h3-4H,5H2,1-2H3. The highest BCUT2D eigenvalue weighted by Gasteiger charge is 1.99. The number of hydrogen-bond donors (Lipinski definition) is 0. The quantitative estimate of drug-likeness (QED) is 0.706. The van der Waals surface area contributed by atoms with Crippen LogP contribution < -0.4 is 4.74 Å². The Labute approximate surface area is 81.3 Å². The van der Waals surface area contributed by atoms with Gasteiger partial charge >= 0.3 is 0 Å². The summed E-state index contributed by atoms with van der Waals surface area (Å²) in [6, 6.07) is 3.74. The van der Waals surface area contributed by atoms with Crippen LogP contribution >= 0.6 is 23.4 Å². The van der Waals surface area contributed by atoms with Gasteiger partial charge in [0.05, 0.1) is 7.11 Å². The lowest BCUT2D eigenvalue weighted by atomic mass is 10.3. The highest BCUT2D eigenvalue weighted by Crippen LogP contribution is 2.18. The molecule has 4 heteroatoms. The summed E-state index contributed by atoms with van der Waals surface area (Å²) >= 11 is 7.50. The smallest absolute Gasteiger partial charge is 0.214 e. The molecular formula is C8H10ClNOS. The van der Waals surface area contributed by atoms with Gasteiger partial charge in [-0.2, -0.15) is 11.8 Å². The zero-order valence-corrected chi connectivity index (χ0v) is 8.58. The molecule has 0 amide bonds. The molecular weight excluding hydrogens is 194 g/mol. The van der Waals surface area contributed by atoms with Gasteiger partial charge in [-0.05, 0) is 17.9 Å². The first-order valence-corrected chi connectivity index (χ1v) is 5.23. The van der Waals surface area contributed by atoms with Gasteiger partial charge in [0.25, 0.3) is 0 Å². The predicted octanol–water partition coefficient (Wildman–Crippen LogP) is 2.61. The molecule has 0 bridgehead atoms. The minimum absolute atomic E-state index is 0.485. The van der Waals surface area contributed by atoms with Crippen molar-refractivity contribution in [2.45, 2.75) is 5.75 Å². The Morgan fingerprint density at radius 3 is 2.92 bits per heavy atom. The Hall–Kier alpha value is -0.410. The van der Waals surface area contributed by atoms with Crippen LogP contribution in [0.2, 0.25) is 5.15 Å². The number of nitrogens with zero attached hydrogens (tertiary/aromatic N) is 1. The van der Waals surface area contributed by atoms with Crippen LogP contribution in [-0.4, -0.2) is 18.3 Å². The first kappa shape index (κ1) is 9.68. The molecule has 2 nitrogen and oxygen atoms in total. The van der Waals surface area contributed by atoms with Crippen molar-refractivity contribution in [2.24, 2.45) is 0 Å². The average Bonchev–Trinajstić information content (AvgIpc) is 2.04. The van der Waals surface area contributed by atoms with Crippen LogP contribution in [-0.2, 0) is 5.75 Å². The van der Waals surface area contributed by atoms with Gasteiger partial charge in [0.15, 0.2) is 0 Å². The molecule has 0 fully saturated rings. The van der Waals surface area contributed by atoms with Gasteiger partial charge in [0.1, 0.15) is 5.15 Å². The number of aromatic nitrogens is 1. The Kier molecular flexibility index (Phi) is 3.69. The highest BCUT2D eigenvalue weighted by atomic mass is 35.5. The van der Waals surface area contributed by atoms with Crippen LogP contribution in [0.3, 0.4) is 0 Å². The third-order valence-electron chi connectivity index (χ3n) is 1.35. The van der Waals surface area contributed by atoms with Crippen LogP contribution in [0.4, 0.5) is 0 Å². The lowest BCUT2D eigenvalue weighted by molar-refractivity contribution is 0.397. The molecule has 0 aliphatic heterocycles. The summed E-state index contributed by atoms with van der Waals surface area (Å²) < 4.78 is 4.98. The van der Waals surface area contributed by atoms with Crippen molar-refractivity contribution in [1.29, 1.82) is 0 Å². The van der Waals surface area contributed by atoms with E-state index in [1.165, 1.54) is 0 Å². The molecule has 0 saturated carbocycles. The summed E-state index contributed by atoms with van der Waals surface area (Å²) in [6.45, 7) is 0. The fourth-order valence-electron chi connectivity index (χ4n) is 0.878. The Bertz CT molecular complexity index is 267. The molecule has 0 aromatic carbocycles. The second kappa shape index (κ2) is 4.58. The van der Waals surface area contributed by atoms with Crippen molar-refractivity contribution in [3.05, 3.63) is 22.8 Å². The summed E-state index contributed by atoms with van der Waals surface area (Å²) in [4.78, 5) is 3.97. The number of methoxy groups -OCH3 is 1. The van der Waals surface area contributed by atoms with E-state index in [9.17, 15) is 0 Å². The van der Waals surface area contributed by atoms with Crippen LogP contribution in [0.5, 0.6) is 5.88 Å². The van der Waals surface area contributed by atoms with Crippen LogP contribution in [0, 0.1) is 0 Å². The molecule has 0 unspecified atom stereocenters. The van der Waals surface area contributed by atoms with E-state index in [1.807, 2.05) is 18.4 Å². The van der Waals surface area contributed by atoms with Crippen molar-refractivity contribution >= 4 is 23.4 Å². The molecule has 0 spiro atoms. The van der Waals surface area contributed by atoms with Gasteiger partial charge in [-0.15, -0.1) is 0 Å². The normalized spacial score (nSPS) is 9.92. The number of thioether (sulfide) groups is 1. The van der Waals surface area contributed by atoms with Crippen molar-refractivity contribution in [1.82, 2.24) is 4.98 Å². The topological polar surface area (TPSA) is 22.1 Å². The third-order valence-corrected chi connectivity index (χ3v) is 2.17. The van der Waals surface area contributed by atoms with E-state index in [0.29, 0.717) is 11.0 Å². The molecule has 1 aromatic heterocycles. The van der Waals surface area contributed by atoms with Crippen molar-refractivity contribution in [3.8, 4) is 5.88 Å². The largest absolute Gasteiger partial charge is 0.481 e. The summed E-state index contributed by atoms with van der Waals surface area (Å²) in [6.07, 6.45) is 2.04. The lowest BCUT2D eigenvalue weighted by Crippen LogP contribution is -1.90. The summed E-state index contributed by atoms with van der Waals surface area (Å²) in [5, 5.41) is 0.485. The Morgan fingerprint density at radius 1 is 1.58 bits per heavy atom. The third kappa shape index (κ3) is 2.57. The van der Waals surface area contributed by atoms with Gasteiger partial charge in [-0.3, -0.25) is 0 Å². The number of rotatable bonds is 3. The van der Waals surface area contributed by atoms with Crippen molar-refractivity contribution < 1.29 is 4.74 Å². The summed E-state index contributed by atoms with van der Waals surface area (Å²) in [5.74, 6) is 1.50. The molecule has 0 radical (unpaired) electrons. The molecule has 0 atom stereocenters. The van der Waals surface area contributed by atoms with E-state index < -0.39 is 0 Å². The van der Waals surface area contributed by atoms with Gasteiger partial charge in [-0.1, -0.05) is 11.6 Å². The maximum Gasteiger partial charge on any atom is 0.214 e. The number of hydrogen-bond acceptors (Lipinski definition) is 3. The van der Waals surface area contributed by atoms with Gasteiger partial charge in [-0.25, -0.2) is 4.98 Å². The van der Waals surface area contributed by atoms with Gasteiger partial charge in [0, 0.05) is 11.8 Å². The minimum Gasteiger partial charge on any atom is -0.481 e. The van der Waals surface area contributed by atoms with Crippen molar-refractivity contribution in [3.63, 3.8) is 0 Å². The van der Waals surface area contributed by atoms with E-state index in [4.69, 9.17) is 16.3 Å². The zero-order valence-electron chi connectivity index (χ0n) is 7.00. The zero-order chi connectivity index (χ0) is 8.97. The minimum atomic E-state index is 0.485. The SMILES string of the molecule is COc1cc(CSC)cc(Cl)n1. The van der Waals surface area contributed by atoms with E-state index in [2.05, 4.69) is 4.98 Å². The fraction of sp³-hybridized carbons (Fsp3) is 0.375. The van der Waals surface area contributed by atoms with Gasteiger partial charge < -0.3 is 4.74 Å². The number of halogens is 1. The number of pyridine rings is 1. The number of ether oxygens (including phenoxy) is 1. The maximum absolute atomic E-state index is 5.76. The molecule has 66 valence electrons. The van der Waals surface area contributed by atoms with E-state index in [-0.39, 0.29) is 0 Å². The molecule has 0 saturated heterocycles. The van der Waals surface area contributed by atoms with Crippen LogP contribution in [0.15, 0.2) is 12.1 Å². The fourth-order valence-corrected chi connectivity index (χ4v) is 1.60. The maximum atomic E-state index is 5.76. The highest BCUT2D eigenvalue weighted by molar-refractivity contribution is 7.97. The van der Waals surface area contributed by atoms with E-state index >= 15 is 0 Å². The second-order valence-corrected chi connectivity index (χ2v) is 3.53. The molecule has 12 heavy (non-hydrogen) atoms. The molecule has 1 heterocycles. The monoisotopic (exact) mass is 203 g/mol. The summed E-state index contributed by atoms with van der Waals surface area (Å²) in [5.41, 5.74) is 1.14. The van der Waals surface area contributed by atoms with E-state index in [0.717, 1.165) is 11.3 Å². The molecule has 1 rings (SSSR count). The first-order chi connectivity index (χ1) is 5.76. The molecule has 0 aliphatic rings. The Balaban J connectivity index is 2.90. The van der Waals surface area contributed by atoms with Crippen LogP contribution in [0.1, 0.15) is 5.56 Å². The molecule has 0 N–H and O–H groups in total. The first-order valence-electron chi connectivity index (χ1n) is 3.45. The Morgan fingerprint density at radius 2 is 2.33 bits per heavy atom. The summed E-state index contributed by atoms with van der Waals surface area (Å²) in [7, 11) is 1.58. The van der Waals surface area contributed by atoms with Crippen molar-refractivity contribution in [2.75, 3.05) is 13.4 Å². The predicted molar refractivity (Wildman–Crippen MR) is 53.0 cm³/mol. The van der Waals surface area contributed by atoms with Gasteiger partial charge in [0.2, 0.25) is 5.88 Å². The second-order valence-electron chi connectivity index (χ2n) is 2.27.